The number of allylic oxidation sites excluding steroid dienone is 2. The van der Waals surface area contributed by atoms with Gasteiger partial charge < -0.3 is 18.9 Å². The lowest BCUT2D eigenvalue weighted by molar-refractivity contribution is 0.0338. The predicted molar refractivity (Wildman–Crippen MR) is 177 cm³/mol. The Labute approximate surface area is 265 Å². The number of hydrogen-bond donors (Lipinski definition) is 0. The van der Waals surface area contributed by atoms with Crippen LogP contribution in [0.5, 0.6) is 17.2 Å². The van der Waals surface area contributed by atoms with Gasteiger partial charge in [-0.05, 0) is 70.6 Å². The number of aryl methyl sites for hydroxylation is 1. The summed E-state index contributed by atoms with van der Waals surface area (Å²) in [5.74, 6) is 3.17. The largest absolute Gasteiger partial charge is 0.493 e. The Kier molecular flexibility index (Phi) is 11.3. The molecule has 0 fully saturated rings. The molecule has 0 aliphatic heterocycles. The fraction of sp³-hybridized carbons (Fsp3) is 0.289. The van der Waals surface area contributed by atoms with E-state index in [9.17, 15) is 5.26 Å². The molecule has 3 aromatic carbocycles. The molecule has 5 nitrogen and oxygen atoms in total. The van der Waals surface area contributed by atoms with Gasteiger partial charge >= 0.3 is 0 Å². The molecule has 5 rings (SSSR count). The highest BCUT2D eigenvalue weighted by molar-refractivity contribution is 7.08. The molecule has 1 aliphatic rings. The Morgan fingerprint density at radius 2 is 1.73 bits per heavy atom. The summed E-state index contributed by atoms with van der Waals surface area (Å²) in [5.41, 5.74) is 5.05. The molecule has 1 heterocycles. The van der Waals surface area contributed by atoms with E-state index < -0.39 is 0 Å². The second kappa shape index (κ2) is 16.0. The van der Waals surface area contributed by atoms with Gasteiger partial charge in [-0.2, -0.15) is 16.6 Å². The quantitative estimate of drug-likeness (QED) is 0.126. The minimum absolute atomic E-state index is 0.0818. The smallest absolute Gasteiger partial charge is 0.144 e. The van der Waals surface area contributed by atoms with Crippen LogP contribution in [0, 0.1) is 17.2 Å². The maximum Gasteiger partial charge on any atom is 0.144 e. The van der Waals surface area contributed by atoms with E-state index in [1.165, 1.54) is 0 Å². The molecular weight excluding hydrogens is 566 g/mol. The predicted octanol–water partition coefficient (Wildman–Crippen LogP) is 9.53. The van der Waals surface area contributed by atoms with Crippen LogP contribution in [0.25, 0.3) is 11.1 Å². The van der Waals surface area contributed by atoms with Crippen LogP contribution in [0.3, 0.4) is 0 Å². The molecule has 0 amide bonds. The molecule has 1 aliphatic carbocycles. The molecule has 44 heavy (non-hydrogen) atoms. The Morgan fingerprint density at radius 1 is 0.886 bits per heavy atom. The first kappa shape index (κ1) is 31.1. The Morgan fingerprint density at radius 3 is 2.50 bits per heavy atom. The van der Waals surface area contributed by atoms with E-state index in [1.54, 1.807) is 17.4 Å². The van der Waals surface area contributed by atoms with Crippen LogP contribution in [0.15, 0.2) is 108 Å². The second-order valence-corrected chi connectivity index (χ2v) is 11.5. The average Bonchev–Trinajstić information content (AvgIpc) is 3.60. The monoisotopic (exact) mass is 605 g/mol. The molecule has 0 N–H and O–H groups in total. The molecule has 226 valence electrons. The Bertz CT molecular complexity index is 1590. The van der Waals surface area contributed by atoms with E-state index in [4.69, 9.17) is 18.9 Å². The van der Waals surface area contributed by atoms with Crippen molar-refractivity contribution in [2.45, 2.75) is 52.2 Å². The van der Waals surface area contributed by atoms with Gasteiger partial charge in [-0.3, -0.25) is 0 Å². The van der Waals surface area contributed by atoms with Gasteiger partial charge in [0.15, 0.2) is 0 Å². The van der Waals surface area contributed by atoms with Crippen molar-refractivity contribution in [3.8, 4) is 34.4 Å². The minimum atomic E-state index is -0.0988. The first-order valence-corrected chi connectivity index (χ1v) is 16.3. The normalized spacial score (nSPS) is 15.8. The van der Waals surface area contributed by atoms with Gasteiger partial charge in [0.1, 0.15) is 35.7 Å². The maximum atomic E-state index is 9.49. The summed E-state index contributed by atoms with van der Waals surface area (Å²) < 4.78 is 25.3. The van der Waals surface area contributed by atoms with Crippen molar-refractivity contribution in [3.05, 3.63) is 124 Å². The fourth-order valence-corrected chi connectivity index (χ4v) is 5.98. The zero-order chi connectivity index (χ0) is 30.6. The third kappa shape index (κ3) is 7.99. The molecule has 2 unspecified atom stereocenters. The zero-order valence-corrected chi connectivity index (χ0v) is 26.2. The molecule has 4 aromatic rings. The van der Waals surface area contributed by atoms with Gasteiger partial charge in [0.05, 0.1) is 24.9 Å². The summed E-state index contributed by atoms with van der Waals surface area (Å²) in [7, 11) is 0. The number of rotatable bonds is 15. The molecule has 0 spiro atoms. The number of ether oxygens (including phenoxy) is 4. The lowest BCUT2D eigenvalue weighted by Gasteiger charge is -2.29. The maximum absolute atomic E-state index is 9.49. The summed E-state index contributed by atoms with van der Waals surface area (Å²) in [6, 6.07) is 26.2. The van der Waals surface area contributed by atoms with E-state index in [2.05, 4.69) is 61.0 Å². The van der Waals surface area contributed by atoms with E-state index in [0.29, 0.717) is 31.1 Å². The molecule has 0 bridgehead atoms. The number of nitrogens with zero attached hydrogens (tertiary/aromatic N) is 1. The first-order valence-electron chi connectivity index (χ1n) is 15.4. The number of nitriles is 1. The summed E-state index contributed by atoms with van der Waals surface area (Å²) in [6.45, 7) is 5.90. The van der Waals surface area contributed by atoms with Crippen LogP contribution in [0.1, 0.15) is 49.8 Å². The van der Waals surface area contributed by atoms with Gasteiger partial charge in [-0.1, -0.05) is 74.9 Å². The fourth-order valence-electron chi connectivity index (χ4n) is 5.33. The summed E-state index contributed by atoms with van der Waals surface area (Å²) in [6.07, 6.45) is 9.50. The van der Waals surface area contributed by atoms with Crippen molar-refractivity contribution in [1.29, 1.82) is 5.26 Å². The SMILES string of the molecule is CCCC1C(Oc2ccccc2C#N)=CC=CC1OCCCOc1cc(OCc2ccccc2)c(-c2ccsc2)cc1CC. The van der Waals surface area contributed by atoms with Crippen molar-refractivity contribution < 1.29 is 18.9 Å². The highest BCUT2D eigenvalue weighted by atomic mass is 32.1. The molecule has 6 heteroatoms. The molecule has 0 radical (unpaired) electrons. The van der Waals surface area contributed by atoms with E-state index >= 15 is 0 Å². The standard InChI is InChI=1S/C38H39NO4S/c1-3-12-32-35(17-10-18-36(32)43-34-16-9-8-15-30(34)25-39)40-20-11-21-41-37-24-38(42-26-28-13-6-5-7-14-28)33(23-29(37)4-2)31-19-22-44-27-31/h5-10,13-19,22-24,27,32,35H,3-4,11-12,20-21,26H2,1-2H3. The highest BCUT2D eigenvalue weighted by Gasteiger charge is 2.27. The second-order valence-electron chi connectivity index (χ2n) is 10.7. The van der Waals surface area contributed by atoms with Crippen LogP contribution < -0.4 is 14.2 Å². The van der Waals surface area contributed by atoms with Crippen molar-refractivity contribution >= 4 is 11.3 Å². The minimum Gasteiger partial charge on any atom is -0.493 e. The van der Waals surface area contributed by atoms with Gasteiger partial charge in [0.25, 0.3) is 0 Å². The Hall–Kier alpha value is -4.31. The highest BCUT2D eigenvalue weighted by Crippen LogP contribution is 2.38. The van der Waals surface area contributed by atoms with E-state index in [-0.39, 0.29) is 12.0 Å². The van der Waals surface area contributed by atoms with Crippen LogP contribution in [0.4, 0.5) is 0 Å². The third-order valence-corrected chi connectivity index (χ3v) is 8.31. The molecular formula is C38H39NO4S. The molecule has 2 atom stereocenters. The van der Waals surface area contributed by atoms with Crippen molar-refractivity contribution in [2.75, 3.05) is 13.2 Å². The first-order chi connectivity index (χ1) is 21.7. The van der Waals surface area contributed by atoms with Crippen LogP contribution in [-0.2, 0) is 17.8 Å². The number of hydrogen-bond acceptors (Lipinski definition) is 6. The van der Waals surface area contributed by atoms with E-state index in [0.717, 1.165) is 65.2 Å². The lowest BCUT2D eigenvalue weighted by atomic mass is 9.91. The lowest BCUT2D eigenvalue weighted by Crippen LogP contribution is -2.28. The topological polar surface area (TPSA) is 60.7 Å². The number of benzene rings is 3. The summed E-state index contributed by atoms with van der Waals surface area (Å²) >= 11 is 1.68. The zero-order valence-electron chi connectivity index (χ0n) is 25.4. The number of para-hydroxylation sites is 1. The van der Waals surface area contributed by atoms with E-state index in [1.807, 2.05) is 54.6 Å². The van der Waals surface area contributed by atoms with Crippen LogP contribution >= 0.6 is 11.3 Å². The van der Waals surface area contributed by atoms with Crippen molar-refractivity contribution in [2.24, 2.45) is 5.92 Å². The van der Waals surface area contributed by atoms with Crippen molar-refractivity contribution in [1.82, 2.24) is 0 Å². The van der Waals surface area contributed by atoms with Gasteiger partial charge in [-0.25, -0.2) is 0 Å². The molecule has 0 saturated heterocycles. The third-order valence-electron chi connectivity index (χ3n) is 7.63. The number of thiophene rings is 1. The molecule has 1 aromatic heterocycles. The van der Waals surface area contributed by atoms with Crippen LogP contribution in [0.2, 0.25) is 0 Å². The van der Waals surface area contributed by atoms with Gasteiger partial charge in [0, 0.05) is 24.0 Å². The Balaban J connectivity index is 1.20. The molecule has 0 saturated carbocycles. The average molecular weight is 606 g/mol. The van der Waals surface area contributed by atoms with Crippen molar-refractivity contribution in [3.63, 3.8) is 0 Å². The van der Waals surface area contributed by atoms with Crippen LogP contribution in [-0.4, -0.2) is 19.3 Å². The van der Waals surface area contributed by atoms with Gasteiger partial charge in [0.2, 0.25) is 0 Å². The summed E-state index contributed by atoms with van der Waals surface area (Å²) in [4.78, 5) is 0. The van der Waals surface area contributed by atoms with Gasteiger partial charge in [-0.15, -0.1) is 0 Å². The summed E-state index contributed by atoms with van der Waals surface area (Å²) in [5, 5.41) is 13.7.